The van der Waals surface area contributed by atoms with Crippen LogP contribution in [0.1, 0.15) is 32.3 Å². The van der Waals surface area contributed by atoms with E-state index in [-0.39, 0.29) is 6.04 Å². The van der Waals surface area contributed by atoms with Crippen molar-refractivity contribution >= 4 is 11.6 Å². The number of hydrogen-bond acceptors (Lipinski definition) is 2. The number of hydrogen-bond donors (Lipinski definition) is 1. The summed E-state index contributed by atoms with van der Waals surface area (Å²) in [5.41, 5.74) is 7.07. The molecule has 98 valence electrons. The fourth-order valence-electron chi connectivity index (χ4n) is 1.57. The molecule has 0 saturated heterocycles. The smallest absolute Gasteiger partial charge is 0.137 e. The van der Waals surface area contributed by atoms with Gasteiger partial charge in [0.2, 0.25) is 0 Å². The van der Waals surface area contributed by atoms with E-state index < -0.39 is 0 Å². The van der Waals surface area contributed by atoms with Crippen molar-refractivity contribution < 1.29 is 4.74 Å². The highest BCUT2D eigenvalue weighted by Crippen LogP contribution is 2.26. The van der Waals surface area contributed by atoms with Gasteiger partial charge < -0.3 is 10.5 Å². The maximum absolute atomic E-state index is 6.17. The summed E-state index contributed by atoms with van der Waals surface area (Å²) in [5.74, 6) is 6.49. The molecule has 1 aromatic carbocycles. The first kappa shape index (κ1) is 14.9. The molecule has 0 fully saturated rings. The van der Waals surface area contributed by atoms with Gasteiger partial charge in [0.15, 0.2) is 0 Å². The van der Waals surface area contributed by atoms with E-state index in [0.29, 0.717) is 17.4 Å². The minimum atomic E-state index is 0.188. The molecule has 1 unspecified atom stereocenters. The summed E-state index contributed by atoms with van der Waals surface area (Å²) in [6.45, 7) is 4.46. The van der Waals surface area contributed by atoms with E-state index in [1.807, 2.05) is 25.1 Å². The van der Waals surface area contributed by atoms with E-state index in [2.05, 4.69) is 18.8 Å². The molecule has 0 aromatic heterocycles. The Hall–Kier alpha value is -1.17. The van der Waals surface area contributed by atoms with Crippen molar-refractivity contribution in [2.45, 2.75) is 39.2 Å². The van der Waals surface area contributed by atoms with Gasteiger partial charge in [-0.1, -0.05) is 24.6 Å². The predicted molar refractivity (Wildman–Crippen MR) is 77.0 cm³/mol. The maximum atomic E-state index is 6.17. The van der Waals surface area contributed by atoms with Crippen LogP contribution in [-0.4, -0.2) is 12.6 Å². The molecular formula is C15H20ClNO. The van der Waals surface area contributed by atoms with Crippen LogP contribution in [0.2, 0.25) is 5.02 Å². The zero-order valence-electron chi connectivity index (χ0n) is 11.0. The van der Waals surface area contributed by atoms with Crippen molar-refractivity contribution in [3.63, 3.8) is 0 Å². The van der Waals surface area contributed by atoms with Gasteiger partial charge in [-0.2, -0.15) is 0 Å². The van der Waals surface area contributed by atoms with Crippen LogP contribution < -0.4 is 10.5 Å². The normalized spacial score (nSPS) is 11.6. The molecule has 18 heavy (non-hydrogen) atoms. The summed E-state index contributed by atoms with van der Waals surface area (Å²) in [5, 5.41) is 0.639. The van der Waals surface area contributed by atoms with Crippen LogP contribution in [0, 0.1) is 11.8 Å². The molecule has 2 nitrogen and oxygen atoms in total. The quantitative estimate of drug-likeness (QED) is 0.632. The fraction of sp³-hybridized carbons (Fsp3) is 0.467. The SMILES string of the molecule is CC#CCCOc1ccc(CC(N)CC)cc1Cl. The largest absolute Gasteiger partial charge is 0.491 e. The topological polar surface area (TPSA) is 35.2 Å². The Morgan fingerprint density at radius 2 is 2.22 bits per heavy atom. The minimum absolute atomic E-state index is 0.188. The molecule has 0 bridgehead atoms. The molecule has 0 saturated carbocycles. The first-order valence-corrected chi connectivity index (χ1v) is 6.61. The van der Waals surface area contributed by atoms with E-state index >= 15 is 0 Å². The summed E-state index contributed by atoms with van der Waals surface area (Å²) >= 11 is 6.17. The molecule has 0 radical (unpaired) electrons. The Labute approximate surface area is 114 Å². The second kappa shape index (κ2) is 8.02. The molecule has 0 spiro atoms. The molecule has 0 amide bonds. The first-order chi connectivity index (χ1) is 8.67. The van der Waals surface area contributed by atoms with Crippen molar-refractivity contribution in [2.75, 3.05) is 6.61 Å². The second-order valence-corrected chi connectivity index (χ2v) is 4.57. The van der Waals surface area contributed by atoms with Crippen LogP contribution in [0.15, 0.2) is 18.2 Å². The second-order valence-electron chi connectivity index (χ2n) is 4.16. The highest BCUT2D eigenvalue weighted by Gasteiger charge is 2.06. The summed E-state index contributed by atoms with van der Waals surface area (Å²) in [4.78, 5) is 0. The van der Waals surface area contributed by atoms with Gasteiger partial charge in [0.05, 0.1) is 11.6 Å². The van der Waals surface area contributed by atoms with Crippen LogP contribution in [0.3, 0.4) is 0 Å². The lowest BCUT2D eigenvalue weighted by molar-refractivity contribution is 0.327. The van der Waals surface area contributed by atoms with Gasteiger partial charge in [-0.25, -0.2) is 0 Å². The Morgan fingerprint density at radius 1 is 1.44 bits per heavy atom. The summed E-state index contributed by atoms with van der Waals surface area (Å²) < 4.78 is 5.56. The van der Waals surface area contributed by atoms with Gasteiger partial charge in [-0.3, -0.25) is 0 Å². The summed E-state index contributed by atoms with van der Waals surface area (Å²) in [6, 6.07) is 6.03. The number of halogens is 1. The lowest BCUT2D eigenvalue weighted by Gasteiger charge is -2.11. The molecule has 1 aromatic rings. The molecule has 0 aliphatic rings. The molecule has 0 aliphatic carbocycles. The number of ether oxygens (including phenoxy) is 1. The summed E-state index contributed by atoms with van der Waals surface area (Å²) in [6.07, 6.45) is 2.53. The van der Waals surface area contributed by atoms with Crippen LogP contribution in [0.5, 0.6) is 5.75 Å². The van der Waals surface area contributed by atoms with Crippen molar-refractivity contribution in [2.24, 2.45) is 5.73 Å². The van der Waals surface area contributed by atoms with Crippen molar-refractivity contribution in [1.82, 2.24) is 0 Å². The standard InChI is InChI=1S/C15H20ClNO/c1-3-5-6-9-18-15-8-7-12(11-14(15)16)10-13(17)4-2/h7-8,11,13H,4,6,9-10,17H2,1-2H3. The number of benzene rings is 1. The third kappa shape index (κ3) is 5.00. The van der Waals surface area contributed by atoms with Gasteiger partial charge in [0.1, 0.15) is 5.75 Å². The molecule has 1 atom stereocenters. The van der Waals surface area contributed by atoms with Crippen LogP contribution in [0.4, 0.5) is 0 Å². The average Bonchev–Trinajstić information content (AvgIpc) is 2.36. The highest BCUT2D eigenvalue weighted by molar-refractivity contribution is 6.32. The third-order valence-corrected chi connectivity index (χ3v) is 2.98. The Kier molecular flexibility index (Phi) is 6.64. The van der Waals surface area contributed by atoms with E-state index in [0.717, 1.165) is 24.8 Å². The van der Waals surface area contributed by atoms with Crippen LogP contribution in [-0.2, 0) is 6.42 Å². The molecular weight excluding hydrogens is 246 g/mol. The Balaban J connectivity index is 2.58. The first-order valence-electron chi connectivity index (χ1n) is 6.23. The van der Waals surface area contributed by atoms with Gasteiger partial charge in [-0.05, 0) is 37.5 Å². The maximum Gasteiger partial charge on any atom is 0.137 e. The van der Waals surface area contributed by atoms with Crippen LogP contribution in [0.25, 0.3) is 0 Å². The van der Waals surface area contributed by atoms with E-state index in [1.54, 1.807) is 0 Å². The zero-order chi connectivity index (χ0) is 13.4. The third-order valence-electron chi connectivity index (χ3n) is 2.68. The molecule has 0 heterocycles. The summed E-state index contributed by atoms with van der Waals surface area (Å²) in [7, 11) is 0. The molecule has 3 heteroatoms. The Bertz CT molecular complexity index is 434. The van der Waals surface area contributed by atoms with Crippen molar-refractivity contribution in [3.05, 3.63) is 28.8 Å². The molecule has 2 N–H and O–H groups in total. The Morgan fingerprint density at radius 3 is 2.83 bits per heavy atom. The van der Waals surface area contributed by atoms with Crippen LogP contribution >= 0.6 is 11.6 Å². The average molecular weight is 266 g/mol. The zero-order valence-corrected chi connectivity index (χ0v) is 11.8. The van der Waals surface area contributed by atoms with Gasteiger partial charge in [-0.15, -0.1) is 11.8 Å². The van der Waals surface area contributed by atoms with Crippen molar-refractivity contribution in [1.29, 1.82) is 0 Å². The van der Waals surface area contributed by atoms with Gasteiger partial charge in [0.25, 0.3) is 0 Å². The van der Waals surface area contributed by atoms with E-state index in [4.69, 9.17) is 22.1 Å². The molecule has 0 aliphatic heterocycles. The van der Waals surface area contributed by atoms with E-state index in [9.17, 15) is 0 Å². The monoisotopic (exact) mass is 265 g/mol. The lowest BCUT2D eigenvalue weighted by atomic mass is 10.0. The predicted octanol–water partition coefficient (Wildman–Crippen LogP) is 3.41. The van der Waals surface area contributed by atoms with Crippen molar-refractivity contribution in [3.8, 4) is 17.6 Å². The minimum Gasteiger partial charge on any atom is -0.491 e. The number of rotatable bonds is 6. The fourth-order valence-corrected chi connectivity index (χ4v) is 1.83. The molecule has 1 rings (SSSR count). The lowest BCUT2D eigenvalue weighted by Crippen LogP contribution is -2.21. The van der Waals surface area contributed by atoms with Gasteiger partial charge in [0, 0.05) is 12.5 Å². The highest BCUT2D eigenvalue weighted by atomic mass is 35.5. The number of nitrogens with two attached hydrogens (primary N) is 1. The van der Waals surface area contributed by atoms with Gasteiger partial charge >= 0.3 is 0 Å². The van der Waals surface area contributed by atoms with E-state index in [1.165, 1.54) is 0 Å².